The number of carbonyl (C=O) groups is 1. The smallest absolute Gasteiger partial charge is 0.292 e. The molecule has 1 heterocycles. The first-order valence-corrected chi connectivity index (χ1v) is 6.49. The SMILES string of the molecule is N#CCC(=O)Nc1cc(-c2cccs2)ccc1[N+](=O)[O-]. The monoisotopic (exact) mass is 287 g/mol. The Kier molecular flexibility index (Phi) is 4.08. The number of anilines is 1. The molecule has 0 radical (unpaired) electrons. The number of nitrogens with zero attached hydrogens (tertiary/aromatic N) is 2. The first kappa shape index (κ1) is 13.7. The lowest BCUT2D eigenvalue weighted by atomic mass is 10.1. The maximum atomic E-state index is 11.4. The number of thiophene rings is 1. The van der Waals surface area contributed by atoms with E-state index >= 15 is 0 Å². The quantitative estimate of drug-likeness (QED) is 0.690. The van der Waals surface area contributed by atoms with Crippen molar-refractivity contribution in [1.82, 2.24) is 0 Å². The number of amides is 1. The Labute approximate surface area is 118 Å². The van der Waals surface area contributed by atoms with E-state index < -0.39 is 10.8 Å². The third-order valence-electron chi connectivity index (χ3n) is 2.51. The fraction of sp³-hybridized carbons (Fsp3) is 0.0769. The first-order chi connectivity index (χ1) is 9.61. The van der Waals surface area contributed by atoms with Crippen LogP contribution in [0.2, 0.25) is 0 Å². The summed E-state index contributed by atoms with van der Waals surface area (Å²) < 4.78 is 0. The average Bonchev–Trinajstić information content (AvgIpc) is 2.92. The highest BCUT2D eigenvalue weighted by molar-refractivity contribution is 7.13. The van der Waals surface area contributed by atoms with Crippen LogP contribution in [-0.4, -0.2) is 10.8 Å². The van der Waals surface area contributed by atoms with Crippen LogP contribution in [0.4, 0.5) is 11.4 Å². The molecule has 0 saturated heterocycles. The summed E-state index contributed by atoms with van der Waals surface area (Å²) in [6, 6.07) is 9.96. The number of carbonyl (C=O) groups excluding carboxylic acids is 1. The van der Waals surface area contributed by atoms with Gasteiger partial charge in [0.15, 0.2) is 0 Å². The van der Waals surface area contributed by atoms with E-state index in [1.54, 1.807) is 18.2 Å². The Morgan fingerprint density at radius 3 is 2.85 bits per heavy atom. The molecule has 1 amide bonds. The maximum Gasteiger partial charge on any atom is 0.292 e. The van der Waals surface area contributed by atoms with Crippen LogP contribution in [0.3, 0.4) is 0 Å². The Morgan fingerprint density at radius 1 is 1.45 bits per heavy atom. The van der Waals surface area contributed by atoms with Gasteiger partial charge in [0.1, 0.15) is 12.1 Å². The molecule has 0 aliphatic carbocycles. The van der Waals surface area contributed by atoms with Crippen molar-refractivity contribution in [3.05, 3.63) is 45.8 Å². The second-order valence-corrected chi connectivity index (χ2v) is 4.80. The molecule has 2 aromatic rings. The van der Waals surface area contributed by atoms with Crippen molar-refractivity contribution in [1.29, 1.82) is 5.26 Å². The molecule has 7 heteroatoms. The molecular weight excluding hydrogens is 278 g/mol. The number of nitrogens with one attached hydrogen (secondary N) is 1. The van der Waals surface area contributed by atoms with E-state index in [1.807, 2.05) is 17.5 Å². The van der Waals surface area contributed by atoms with Gasteiger partial charge in [0.25, 0.3) is 5.69 Å². The highest BCUT2D eigenvalue weighted by Gasteiger charge is 2.17. The molecule has 0 aliphatic heterocycles. The molecular formula is C13H9N3O3S. The van der Waals surface area contributed by atoms with Crippen molar-refractivity contribution < 1.29 is 9.72 Å². The molecule has 0 saturated carbocycles. The summed E-state index contributed by atoms with van der Waals surface area (Å²) in [6.45, 7) is 0. The van der Waals surface area contributed by atoms with Crippen molar-refractivity contribution >= 4 is 28.6 Å². The molecule has 6 nitrogen and oxygen atoms in total. The number of nitriles is 1. The molecule has 100 valence electrons. The van der Waals surface area contributed by atoms with E-state index in [0.717, 1.165) is 10.4 Å². The van der Waals surface area contributed by atoms with Gasteiger partial charge in [0.05, 0.1) is 11.0 Å². The Bertz CT molecular complexity index is 689. The van der Waals surface area contributed by atoms with Crippen LogP contribution in [0.25, 0.3) is 10.4 Å². The normalized spacial score (nSPS) is 9.75. The van der Waals surface area contributed by atoms with Crippen LogP contribution >= 0.6 is 11.3 Å². The van der Waals surface area contributed by atoms with Crippen molar-refractivity contribution in [3.8, 4) is 16.5 Å². The van der Waals surface area contributed by atoms with E-state index in [-0.39, 0.29) is 17.8 Å². The van der Waals surface area contributed by atoms with Crippen LogP contribution in [-0.2, 0) is 4.79 Å². The number of nitro groups is 1. The molecule has 0 atom stereocenters. The van der Waals surface area contributed by atoms with E-state index in [2.05, 4.69) is 5.32 Å². The van der Waals surface area contributed by atoms with Gasteiger partial charge in [0, 0.05) is 10.9 Å². The minimum absolute atomic E-state index is 0.0983. The van der Waals surface area contributed by atoms with Gasteiger partial charge in [-0.15, -0.1) is 11.3 Å². The van der Waals surface area contributed by atoms with Crippen LogP contribution in [0.15, 0.2) is 35.7 Å². The molecule has 1 aromatic heterocycles. The van der Waals surface area contributed by atoms with Gasteiger partial charge in [0.2, 0.25) is 5.91 Å². The zero-order valence-electron chi connectivity index (χ0n) is 10.2. The molecule has 1 aromatic carbocycles. The van der Waals surface area contributed by atoms with Crippen molar-refractivity contribution in [3.63, 3.8) is 0 Å². The molecule has 2 rings (SSSR count). The molecule has 1 N–H and O–H groups in total. The number of hydrogen-bond acceptors (Lipinski definition) is 5. The minimum Gasteiger partial charge on any atom is -0.319 e. The second-order valence-electron chi connectivity index (χ2n) is 3.85. The molecule has 0 aliphatic rings. The van der Waals surface area contributed by atoms with Crippen molar-refractivity contribution in [2.24, 2.45) is 0 Å². The Balaban J connectivity index is 2.40. The van der Waals surface area contributed by atoms with Gasteiger partial charge < -0.3 is 5.32 Å². The topological polar surface area (TPSA) is 96.0 Å². The Hall–Kier alpha value is -2.72. The molecule has 0 bridgehead atoms. The van der Waals surface area contributed by atoms with E-state index in [4.69, 9.17) is 5.26 Å². The summed E-state index contributed by atoms with van der Waals surface area (Å²) in [6.07, 6.45) is -0.347. The lowest BCUT2D eigenvalue weighted by Crippen LogP contribution is -2.11. The third-order valence-corrected chi connectivity index (χ3v) is 3.43. The summed E-state index contributed by atoms with van der Waals surface area (Å²) in [5.41, 5.74) is 0.676. The predicted octanol–water partition coefficient (Wildman–Crippen LogP) is 3.18. The number of benzene rings is 1. The van der Waals surface area contributed by atoms with Crippen LogP contribution in [0.1, 0.15) is 6.42 Å². The van der Waals surface area contributed by atoms with Crippen LogP contribution in [0.5, 0.6) is 0 Å². The lowest BCUT2D eigenvalue weighted by molar-refractivity contribution is -0.383. The van der Waals surface area contributed by atoms with Crippen LogP contribution in [0, 0.1) is 21.4 Å². The van der Waals surface area contributed by atoms with Gasteiger partial charge in [-0.1, -0.05) is 6.07 Å². The summed E-state index contributed by atoms with van der Waals surface area (Å²) in [7, 11) is 0. The number of nitro benzene ring substituents is 1. The highest BCUT2D eigenvalue weighted by atomic mass is 32.1. The standard InChI is InChI=1S/C13H9N3O3S/c14-6-5-13(17)15-10-8-9(12-2-1-7-20-12)3-4-11(10)16(18)19/h1-4,7-8H,5H2,(H,15,17). The van der Waals surface area contributed by atoms with Gasteiger partial charge in [-0.25, -0.2) is 0 Å². The molecule has 0 unspecified atom stereocenters. The molecule has 0 fully saturated rings. The summed E-state index contributed by atoms with van der Waals surface area (Å²) in [5, 5.41) is 23.7. The maximum absolute atomic E-state index is 11.4. The van der Waals surface area contributed by atoms with E-state index in [1.165, 1.54) is 17.4 Å². The van der Waals surface area contributed by atoms with Crippen molar-refractivity contribution in [2.45, 2.75) is 6.42 Å². The van der Waals surface area contributed by atoms with Crippen molar-refractivity contribution in [2.75, 3.05) is 5.32 Å². The number of rotatable bonds is 4. The summed E-state index contributed by atoms with van der Waals surface area (Å²) in [4.78, 5) is 22.8. The predicted molar refractivity (Wildman–Crippen MR) is 75.3 cm³/mol. The molecule has 0 spiro atoms. The zero-order valence-corrected chi connectivity index (χ0v) is 11.0. The van der Waals surface area contributed by atoms with E-state index in [9.17, 15) is 14.9 Å². The van der Waals surface area contributed by atoms with Gasteiger partial charge >= 0.3 is 0 Å². The lowest BCUT2D eigenvalue weighted by Gasteiger charge is -2.06. The number of hydrogen-bond donors (Lipinski definition) is 1. The fourth-order valence-electron chi connectivity index (χ4n) is 1.66. The fourth-order valence-corrected chi connectivity index (χ4v) is 2.38. The Morgan fingerprint density at radius 2 is 2.25 bits per heavy atom. The van der Waals surface area contributed by atoms with E-state index in [0.29, 0.717) is 0 Å². The summed E-state index contributed by atoms with van der Waals surface area (Å²) >= 11 is 1.49. The second kappa shape index (κ2) is 5.95. The van der Waals surface area contributed by atoms with Gasteiger partial charge in [-0.2, -0.15) is 5.26 Å². The largest absolute Gasteiger partial charge is 0.319 e. The first-order valence-electron chi connectivity index (χ1n) is 5.61. The zero-order chi connectivity index (χ0) is 14.5. The van der Waals surface area contributed by atoms with Gasteiger partial charge in [-0.3, -0.25) is 14.9 Å². The highest BCUT2D eigenvalue weighted by Crippen LogP contribution is 2.32. The molecule has 20 heavy (non-hydrogen) atoms. The van der Waals surface area contributed by atoms with Gasteiger partial charge in [-0.05, 0) is 29.1 Å². The summed E-state index contributed by atoms with van der Waals surface area (Å²) in [5.74, 6) is -0.570. The minimum atomic E-state index is -0.570. The van der Waals surface area contributed by atoms with Crippen LogP contribution < -0.4 is 5.32 Å². The third kappa shape index (κ3) is 2.99. The average molecular weight is 287 g/mol.